The Hall–Kier alpha value is -1.20. The average Bonchev–Trinajstić information content (AvgIpc) is 3.15. The number of hydrogen-bond acceptors (Lipinski definition) is 3. The summed E-state index contributed by atoms with van der Waals surface area (Å²) in [6.45, 7) is 1.87. The number of thioether (sulfide) groups is 1. The van der Waals surface area contributed by atoms with E-state index in [0.717, 1.165) is 18.4 Å². The average molecular weight is 326 g/mol. The number of aryl methyl sites for hydroxylation is 1. The Kier molecular flexibility index (Phi) is 3.88. The number of aliphatic carboxylic acids is 1. The smallest absolute Gasteiger partial charge is 0.327 e. The number of nitrogens with zero attached hydrogens (tertiary/aromatic N) is 1. The molecule has 21 heavy (non-hydrogen) atoms. The van der Waals surface area contributed by atoms with Crippen molar-refractivity contribution in [3.05, 3.63) is 34.3 Å². The summed E-state index contributed by atoms with van der Waals surface area (Å²) in [5, 5.41) is 9.86. The minimum absolute atomic E-state index is 0.0158. The summed E-state index contributed by atoms with van der Waals surface area (Å²) in [5.74, 6) is -0.266. The number of hydrogen-bond donors (Lipinski definition) is 1. The van der Waals surface area contributed by atoms with E-state index in [-0.39, 0.29) is 11.3 Å². The minimum atomic E-state index is -0.933. The lowest BCUT2D eigenvalue weighted by molar-refractivity contribution is -0.141. The lowest BCUT2D eigenvalue weighted by atomic mass is 10.1. The lowest BCUT2D eigenvalue weighted by Crippen LogP contribution is -2.46. The Morgan fingerprint density at radius 3 is 2.62 bits per heavy atom. The number of carboxylic acid groups (broad SMARTS) is 1. The molecule has 1 N–H and O–H groups in total. The van der Waals surface area contributed by atoms with Crippen LogP contribution in [0.1, 0.15) is 28.8 Å². The second-order valence-electron chi connectivity index (χ2n) is 5.65. The molecule has 1 aromatic rings. The van der Waals surface area contributed by atoms with Gasteiger partial charge in [0.2, 0.25) is 0 Å². The van der Waals surface area contributed by atoms with Gasteiger partial charge < -0.3 is 10.0 Å². The van der Waals surface area contributed by atoms with E-state index >= 15 is 0 Å². The fourth-order valence-corrected chi connectivity index (χ4v) is 4.65. The lowest BCUT2D eigenvalue weighted by Gasteiger charge is -2.27. The van der Waals surface area contributed by atoms with Crippen molar-refractivity contribution in [2.75, 3.05) is 5.75 Å². The fourth-order valence-electron chi connectivity index (χ4n) is 2.73. The molecular formula is C15H16ClNO3S. The topological polar surface area (TPSA) is 57.6 Å². The molecule has 0 radical (unpaired) electrons. The predicted octanol–water partition coefficient (Wildman–Crippen LogP) is 3.03. The zero-order chi connectivity index (χ0) is 15.1. The van der Waals surface area contributed by atoms with E-state index in [1.807, 2.05) is 6.92 Å². The number of carboxylic acids is 1. The molecule has 112 valence electrons. The van der Waals surface area contributed by atoms with E-state index < -0.39 is 12.0 Å². The van der Waals surface area contributed by atoms with Gasteiger partial charge in [0.25, 0.3) is 5.91 Å². The van der Waals surface area contributed by atoms with Crippen LogP contribution in [0.3, 0.4) is 0 Å². The summed E-state index contributed by atoms with van der Waals surface area (Å²) in [7, 11) is 0. The van der Waals surface area contributed by atoms with Crippen molar-refractivity contribution in [1.29, 1.82) is 0 Å². The van der Waals surface area contributed by atoms with E-state index in [1.165, 1.54) is 0 Å². The normalized spacial score (nSPS) is 25.1. The van der Waals surface area contributed by atoms with Gasteiger partial charge in [0.1, 0.15) is 6.04 Å². The van der Waals surface area contributed by atoms with Crippen LogP contribution in [-0.4, -0.2) is 39.1 Å². The van der Waals surface area contributed by atoms with Gasteiger partial charge in [-0.15, -0.1) is 11.8 Å². The Morgan fingerprint density at radius 1 is 1.33 bits per heavy atom. The summed E-state index contributed by atoms with van der Waals surface area (Å²) in [6.07, 6.45) is 2.14. The Morgan fingerprint density at radius 2 is 2.05 bits per heavy atom. The van der Waals surface area contributed by atoms with Crippen molar-refractivity contribution < 1.29 is 14.7 Å². The van der Waals surface area contributed by atoms with Gasteiger partial charge in [-0.3, -0.25) is 4.79 Å². The van der Waals surface area contributed by atoms with E-state index in [1.54, 1.807) is 34.9 Å². The third kappa shape index (κ3) is 2.90. The maximum Gasteiger partial charge on any atom is 0.327 e. The maximum atomic E-state index is 12.8. The van der Waals surface area contributed by atoms with Crippen molar-refractivity contribution in [3.63, 3.8) is 0 Å². The van der Waals surface area contributed by atoms with Crippen molar-refractivity contribution in [3.8, 4) is 0 Å². The SMILES string of the molecule is Cc1cc(Cl)cc(C(=O)N2C(C(=O)O)CSC2C2CC2)c1. The van der Waals surface area contributed by atoms with Gasteiger partial charge in [-0.1, -0.05) is 11.6 Å². The largest absolute Gasteiger partial charge is 0.480 e. The van der Waals surface area contributed by atoms with E-state index in [4.69, 9.17) is 11.6 Å². The molecule has 1 aromatic carbocycles. The van der Waals surface area contributed by atoms with Gasteiger partial charge in [0, 0.05) is 16.3 Å². The third-order valence-electron chi connectivity index (χ3n) is 3.87. The van der Waals surface area contributed by atoms with Crippen LogP contribution in [0.5, 0.6) is 0 Å². The van der Waals surface area contributed by atoms with Crippen LogP contribution < -0.4 is 0 Å². The molecule has 1 amide bonds. The van der Waals surface area contributed by atoms with E-state index in [2.05, 4.69) is 0 Å². The molecule has 2 atom stereocenters. The van der Waals surface area contributed by atoms with Crippen LogP contribution in [0.25, 0.3) is 0 Å². The van der Waals surface area contributed by atoms with Gasteiger partial charge in [-0.05, 0) is 49.4 Å². The molecule has 1 aliphatic heterocycles. The number of rotatable bonds is 3. The predicted molar refractivity (Wildman–Crippen MR) is 82.8 cm³/mol. The molecule has 1 heterocycles. The first-order chi connectivity index (χ1) is 9.97. The highest BCUT2D eigenvalue weighted by Crippen LogP contribution is 2.46. The summed E-state index contributed by atoms with van der Waals surface area (Å²) in [6, 6.07) is 4.42. The second-order valence-corrected chi connectivity index (χ2v) is 7.23. The standard InChI is InChI=1S/C15H16ClNO3S/c1-8-4-10(6-11(16)5-8)13(18)17-12(15(19)20)7-21-14(17)9-2-3-9/h4-6,9,12,14H,2-3,7H2,1H3,(H,19,20). The van der Waals surface area contributed by atoms with Crippen LogP contribution in [0.4, 0.5) is 0 Å². The highest BCUT2D eigenvalue weighted by atomic mass is 35.5. The third-order valence-corrected chi connectivity index (χ3v) is 5.55. The Balaban J connectivity index is 1.93. The van der Waals surface area contributed by atoms with E-state index in [0.29, 0.717) is 22.3 Å². The molecule has 6 heteroatoms. The zero-order valence-corrected chi connectivity index (χ0v) is 13.2. The zero-order valence-electron chi connectivity index (χ0n) is 11.6. The number of benzene rings is 1. The van der Waals surface area contributed by atoms with Crippen LogP contribution in [0, 0.1) is 12.8 Å². The van der Waals surface area contributed by atoms with Gasteiger partial charge in [-0.25, -0.2) is 4.79 Å². The molecule has 0 bridgehead atoms. The summed E-state index contributed by atoms with van der Waals surface area (Å²) in [5.41, 5.74) is 1.37. The van der Waals surface area contributed by atoms with Gasteiger partial charge in [-0.2, -0.15) is 0 Å². The van der Waals surface area contributed by atoms with Crippen molar-refractivity contribution in [1.82, 2.24) is 4.90 Å². The fraction of sp³-hybridized carbons (Fsp3) is 0.467. The molecule has 1 saturated carbocycles. The van der Waals surface area contributed by atoms with Gasteiger partial charge in [0.15, 0.2) is 0 Å². The Labute approximate surface area is 132 Å². The van der Waals surface area contributed by atoms with Crippen molar-refractivity contribution in [2.45, 2.75) is 31.2 Å². The van der Waals surface area contributed by atoms with Crippen LogP contribution >= 0.6 is 23.4 Å². The minimum Gasteiger partial charge on any atom is -0.480 e. The molecule has 2 unspecified atom stereocenters. The molecular weight excluding hydrogens is 310 g/mol. The summed E-state index contributed by atoms with van der Waals surface area (Å²) < 4.78 is 0. The molecule has 2 fully saturated rings. The molecule has 3 rings (SSSR count). The molecule has 2 aliphatic rings. The Bertz CT molecular complexity index is 582. The number of amides is 1. The van der Waals surface area contributed by atoms with Crippen LogP contribution in [-0.2, 0) is 4.79 Å². The summed E-state index contributed by atoms with van der Waals surface area (Å²) in [4.78, 5) is 25.8. The summed E-state index contributed by atoms with van der Waals surface area (Å²) >= 11 is 7.60. The number of carbonyl (C=O) groups is 2. The molecule has 1 saturated heterocycles. The van der Waals surface area contributed by atoms with Gasteiger partial charge in [0.05, 0.1) is 5.37 Å². The van der Waals surface area contributed by atoms with Crippen LogP contribution in [0.2, 0.25) is 5.02 Å². The first-order valence-electron chi connectivity index (χ1n) is 6.91. The first-order valence-corrected chi connectivity index (χ1v) is 8.34. The highest BCUT2D eigenvalue weighted by molar-refractivity contribution is 8.00. The van der Waals surface area contributed by atoms with Crippen molar-refractivity contribution in [2.24, 2.45) is 5.92 Å². The number of carbonyl (C=O) groups excluding carboxylic acids is 1. The molecule has 0 aromatic heterocycles. The van der Waals surface area contributed by atoms with E-state index in [9.17, 15) is 14.7 Å². The number of halogens is 1. The highest BCUT2D eigenvalue weighted by Gasteiger charge is 2.48. The maximum absolute atomic E-state index is 12.8. The molecule has 1 aliphatic carbocycles. The molecule has 4 nitrogen and oxygen atoms in total. The van der Waals surface area contributed by atoms with Crippen LogP contribution in [0.15, 0.2) is 18.2 Å². The van der Waals surface area contributed by atoms with Crippen molar-refractivity contribution >= 4 is 35.2 Å². The molecule has 0 spiro atoms. The quantitative estimate of drug-likeness (QED) is 0.928. The van der Waals surface area contributed by atoms with Gasteiger partial charge >= 0.3 is 5.97 Å². The second kappa shape index (κ2) is 5.54. The first kappa shape index (κ1) is 14.7. The monoisotopic (exact) mass is 325 g/mol.